The Morgan fingerprint density at radius 1 is 1.12 bits per heavy atom. The summed E-state index contributed by atoms with van der Waals surface area (Å²) in [5, 5.41) is 11.7. The highest BCUT2D eigenvalue weighted by Crippen LogP contribution is 2.34. The van der Waals surface area contributed by atoms with Gasteiger partial charge in [-0.2, -0.15) is 0 Å². The van der Waals surface area contributed by atoms with Crippen LogP contribution in [0.15, 0.2) is 91.6 Å². The van der Waals surface area contributed by atoms with Crippen LogP contribution < -0.4 is 0 Å². The number of allylic oxidation sites excluding steroid dienone is 9. The first-order chi connectivity index (χ1) is 11.9. The second-order valence-electron chi connectivity index (χ2n) is 5.64. The lowest BCUT2D eigenvalue weighted by Crippen LogP contribution is -2.15. The summed E-state index contributed by atoms with van der Waals surface area (Å²) in [4.78, 5) is 11.3. The molecule has 2 aliphatic carbocycles. The van der Waals surface area contributed by atoms with Crippen molar-refractivity contribution in [3.63, 3.8) is 0 Å². The molecule has 0 fully saturated rings. The molecule has 0 saturated carbocycles. The fraction of sp³-hybridized carbons (Fsp3) is 0.111. The smallest absolute Gasteiger partial charge is 0.258 e. The van der Waals surface area contributed by atoms with Gasteiger partial charge in [-0.3, -0.25) is 10.1 Å². The molecule has 0 spiro atoms. The van der Waals surface area contributed by atoms with Crippen molar-refractivity contribution in [2.45, 2.75) is 11.3 Å². The van der Waals surface area contributed by atoms with Gasteiger partial charge in [-0.15, -0.1) is 0 Å². The third-order valence-electron chi connectivity index (χ3n) is 3.95. The number of sulfone groups is 1. The van der Waals surface area contributed by atoms with E-state index in [1.807, 2.05) is 6.08 Å². The van der Waals surface area contributed by atoms with Gasteiger partial charge in [-0.1, -0.05) is 42.5 Å². The molecule has 0 saturated heterocycles. The number of nitro groups is 1. The Morgan fingerprint density at radius 2 is 1.84 bits per heavy atom. The van der Waals surface area contributed by atoms with Crippen LogP contribution in [-0.4, -0.2) is 19.1 Å². The lowest BCUT2D eigenvalue weighted by Gasteiger charge is -2.08. The summed E-state index contributed by atoms with van der Waals surface area (Å²) in [7, 11) is -3.67. The van der Waals surface area contributed by atoms with Crippen molar-refractivity contribution in [1.29, 1.82) is 0 Å². The van der Waals surface area contributed by atoms with Crippen molar-refractivity contribution in [1.82, 2.24) is 0 Å². The molecule has 0 atom stereocenters. The number of hydrogen-bond acceptors (Lipinski definition) is 4. The van der Waals surface area contributed by atoms with E-state index in [0.29, 0.717) is 12.0 Å². The molecule has 2 bridgehead atoms. The standard InChI is InChI=1S/C18H14INO4S/c19-17-8-4-5-14-11-13(17)9-10-15(18(14)20(21)22)12-25(23,24)16-6-2-1-3-7-16/h1-10H,11-12H2. The zero-order valence-corrected chi connectivity index (χ0v) is 16.0. The SMILES string of the molecule is O=[N+]([O-])C1=C2C=CC=C(I)C(=CC=C1CS(=O)(=O)c1ccccc1)C2. The van der Waals surface area contributed by atoms with E-state index in [2.05, 4.69) is 22.6 Å². The van der Waals surface area contributed by atoms with E-state index in [4.69, 9.17) is 0 Å². The second kappa shape index (κ2) is 7.09. The number of fused-ring (bicyclic) bond motifs is 2. The minimum absolute atomic E-state index is 0.124. The molecule has 0 heterocycles. The number of nitrogens with zero attached hydrogens (tertiary/aromatic N) is 1. The molecule has 2 aliphatic rings. The van der Waals surface area contributed by atoms with Crippen LogP contribution in [0.4, 0.5) is 0 Å². The summed E-state index contributed by atoms with van der Waals surface area (Å²) in [5.41, 5.74) is 1.54. The highest BCUT2D eigenvalue weighted by atomic mass is 127. The Labute approximate surface area is 159 Å². The van der Waals surface area contributed by atoms with Crippen LogP contribution in [0.5, 0.6) is 0 Å². The van der Waals surface area contributed by atoms with Crippen molar-refractivity contribution in [3.8, 4) is 0 Å². The van der Waals surface area contributed by atoms with Gasteiger partial charge < -0.3 is 0 Å². The molecule has 7 heteroatoms. The highest BCUT2D eigenvalue weighted by molar-refractivity contribution is 14.1. The molecule has 0 radical (unpaired) electrons. The van der Waals surface area contributed by atoms with Crippen LogP contribution in [0.2, 0.25) is 0 Å². The zero-order valence-electron chi connectivity index (χ0n) is 13.1. The first-order valence-electron chi connectivity index (χ1n) is 7.48. The number of halogens is 1. The monoisotopic (exact) mass is 467 g/mol. The van der Waals surface area contributed by atoms with Crippen molar-refractivity contribution in [2.24, 2.45) is 0 Å². The molecule has 1 aromatic carbocycles. The topological polar surface area (TPSA) is 77.3 Å². The van der Waals surface area contributed by atoms with Crippen LogP contribution in [0.25, 0.3) is 0 Å². The van der Waals surface area contributed by atoms with Gasteiger partial charge in [-0.25, -0.2) is 8.42 Å². The largest absolute Gasteiger partial charge is 0.277 e. The maximum atomic E-state index is 12.7. The molecule has 0 aromatic heterocycles. The second-order valence-corrected chi connectivity index (χ2v) is 8.79. The Morgan fingerprint density at radius 3 is 2.52 bits per heavy atom. The molecule has 128 valence electrons. The van der Waals surface area contributed by atoms with E-state index in [0.717, 1.165) is 9.15 Å². The quantitative estimate of drug-likeness (QED) is 0.379. The third kappa shape index (κ3) is 3.82. The fourth-order valence-corrected chi connectivity index (χ4v) is 4.72. The summed E-state index contributed by atoms with van der Waals surface area (Å²) in [5.74, 6) is -0.408. The Hall–Kier alpha value is -2.00. The lowest BCUT2D eigenvalue weighted by atomic mass is 10.0. The maximum absolute atomic E-state index is 12.7. The van der Waals surface area contributed by atoms with Crippen LogP contribution >= 0.6 is 22.6 Å². The summed E-state index contributed by atoms with van der Waals surface area (Å²) < 4.78 is 26.3. The molecular formula is C18H14INO4S. The van der Waals surface area contributed by atoms with Gasteiger partial charge >= 0.3 is 0 Å². The number of benzene rings is 1. The molecule has 0 amide bonds. The van der Waals surface area contributed by atoms with E-state index in [1.54, 1.807) is 42.5 Å². The zero-order chi connectivity index (χ0) is 18.0. The molecule has 0 N–H and O–H groups in total. The van der Waals surface area contributed by atoms with Gasteiger partial charge in [0.2, 0.25) is 0 Å². The van der Waals surface area contributed by atoms with Gasteiger partial charge in [0.1, 0.15) is 0 Å². The van der Waals surface area contributed by atoms with E-state index in [1.165, 1.54) is 12.1 Å². The molecule has 0 unspecified atom stereocenters. The Balaban J connectivity index is 2.09. The minimum Gasteiger partial charge on any atom is -0.258 e. The molecule has 0 aliphatic heterocycles. The lowest BCUT2D eigenvalue weighted by molar-refractivity contribution is -0.421. The van der Waals surface area contributed by atoms with E-state index < -0.39 is 20.5 Å². The molecule has 1 aromatic rings. The minimum atomic E-state index is -3.67. The molecule has 25 heavy (non-hydrogen) atoms. The van der Waals surface area contributed by atoms with Gasteiger partial charge in [-0.05, 0) is 46.4 Å². The van der Waals surface area contributed by atoms with Crippen LogP contribution in [-0.2, 0) is 9.84 Å². The summed E-state index contributed by atoms with van der Waals surface area (Å²) >= 11 is 2.18. The van der Waals surface area contributed by atoms with E-state index >= 15 is 0 Å². The highest BCUT2D eigenvalue weighted by Gasteiger charge is 2.29. The first kappa shape index (κ1) is 17.8. The maximum Gasteiger partial charge on any atom is 0.277 e. The van der Waals surface area contributed by atoms with E-state index in [9.17, 15) is 18.5 Å². The Bertz CT molecular complexity index is 983. The third-order valence-corrected chi connectivity index (χ3v) is 6.69. The predicted octanol–water partition coefficient (Wildman–Crippen LogP) is 4.14. The molecule has 3 rings (SSSR count). The predicted molar refractivity (Wildman–Crippen MR) is 105 cm³/mol. The van der Waals surface area contributed by atoms with Crippen LogP contribution in [0.3, 0.4) is 0 Å². The molecule has 5 nitrogen and oxygen atoms in total. The van der Waals surface area contributed by atoms with E-state index in [-0.39, 0.29) is 16.2 Å². The van der Waals surface area contributed by atoms with Gasteiger partial charge in [0.05, 0.1) is 15.6 Å². The van der Waals surface area contributed by atoms with Gasteiger partial charge in [0, 0.05) is 21.1 Å². The Kier molecular flexibility index (Phi) is 5.05. The van der Waals surface area contributed by atoms with Gasteiger partial charge in [0.15, 0.2) is 9.84 Å². The average Bonchev–Trinajstić information content (AvgIpc) is 2.86. The van der Waals surface area contributed by atoms with Gasteiger partial charge in [0.25, 0.3) is 5.70 Å². The van der Waals surface area contributed by atoms with Crippen LogP contribution in [0, 0.1) is 10.1 Å². The number of rotatable bonds is 4. The normalized spacial score (nSPS) is 17.2. The summed E-state index contributed by atoms with van der Waals surface area (Å²) in [6.45, 7) is 0. The average molecular weight is 467 g/mol. The summed E-state index contributed by atoms with van der Waals surface area (Å²) in [6.07, 6.45) is 9.08. The number of hydrogen-bond donors (Lipinski definition) is 0. The van der Waals surface area contributed by atoms with Crippen molar-refractivity contribution in [2.75, 3.05) is 5.75 Å². The van der Waals surface area contributed by atoms with Crippen LogP contribution in [0.1, 0.15) is 6.42 Å². The van der Waals surface area contributed by atoms with Crippen molar-refractivity contribution < 1.29 is 13.3 Å². The summed E-state index contributed by atoms with van der Waals surface area (Å²) in [6, 6.07) is 8.00. The molecular weight excluding hydrogens is 453 g/mol. The first-order valence-corrected chi connectivity index (χ1v) is 10.2. The van der Waals surface area contributed by atoms with Crippen molar-refractivity contribution in [3.05, 3.63) is 96.8 Å². The fourth-order valence-electron chi connectivity index (χ4n) is 2.76. The van der Waals surface area contributed by atoms with Crippen molar-refractivity contribution >= 4 is 32.4 Å².